The molecule has 2 aromatic rings. The van der Waals surface area contributed by atoms with E-state index in [4.69, 9.17) is 0 Å². The number of aromatic nitrogens is 1. The average Bonchev–Trinajstić information content (AvgIpc) is 2.76. The topological polar surface area (TPSA) is 73.1 Å². The van der Waals surface area contributed by atoms with Crippen molar-refractivity contribution in [2.45, 2.75) is 13.3 Å². The molecule has 0 radical (unpaired) electrons. The Hall–Kier alpha value is -2.08. The number of nitro groups is 1. The molecular weight excluding hydrogens is 252 g/mol. The van der Waals surface area contributed by atoms with Crippen LogP contribution >= 0.6 is 11.3 Å². The summed E-state index contributed by atoms with van der Waals surface area (Å²) in [6.45, 7) is 1.81. The third-order valence-corrected chi connectivity index (χ3v) is 3.39. The van der Waals surface area contributed by atoms with Crippen LogP contribution in [0.25, 0.3) is 0 Å². The Bertz CT molecular complexity index is 607. The second-order valence-electron chi connectivity index (χ2n) is 3.73. The third kappa shape index (κ3) is 2.60. The monoisotopic (exact) mass is 262 g/mol. The van der Waals surface area contributed by atoms with Crippen molar-refractivity contribution in [2.24, 2.45) is 0 Å². The molecule has 5 nitrogen and oxygen atoms in total. The fourth-order valence-corrected chi connectivity index (χ4v) is 2.30. The highest BCUT2D eigenvalue weighted by Crippen LogP contribution is 2.21. The highest BCUT2D eigenvalue weighted by Gasteiger charge is 2.17. The molecule has 0 saturated heterocycles. The van der Waals surface area contributed by atoms with E-state index in [-0.39, 0.29) is 17.9 Å². The van der Waals surface area contributed by atoms with E-state index in [0.717, 1.165) is 5.01 Å². The molecular formula is C12H10N2O3S. The minimum atomic E-state index is -0.472. The van der Waals surface area contributed by atoms with Crippen molar-refractivity contribution in [3.05, 3.63) is 56.0 Å². The molecule has 0 amide bonds. The SMILES string of the molecule is Cc1ncc(C(=O)Cc2ccccc2[N+](=O)[O-])s1. The van der Waals surface area contributed by atoms with Crippen LogP contribution in [0.2, 0.25) is 0 Å². The highest BCUT2D eigenvalue weighted by molar-refractivity contribution is 7.13. The van der Waals surface area contributed by atoms with Gasteiger partial charge in [-0.05, 0) is 6.92 Å². The summed E-state index contributed by atoms with van der Waals surface area (Å²) in [5.74, 6) is -0.144. The maximum atomic E-state index is 12.0. The number of benzene rings is 1. The first-order chi connectivity index (χ1) is 8.58. The van der Waals surface area contributed by atoms with E-state index in [1.807, 2.05) is 6.92 Å². The number of aryl methyl sites for hydroxylation is 1. The van der Waals surface area contributed by atoms with Gasteiger partial charge in [0.1, 0.15) is 0 Å². The van der Waals surface area contributed by atoms with Crippen molar-refractivity contribution in [3.8, 4) is 0 Å². The molecule has 0 spiro atoms. The molecule has 0 saturated carbocycles. The van der Waals surface area contributed by atoms with Crippen molar-refractivity contribution in [2.75, 3.05) is 0 Å². The summed E-state index contributed by atoms with van der Waals surface area (Å²) in [5.41, 5.74) is 0.408. The number of nitrogens with zero attached hydrogens (tertiary/aromatic N) is 2. The second kappa shape index (κ2) is 5.05. The molecule has 1 aromatic carbocycles. The number of Topliss-reactive ketones (excluding diaryl/α,β-unsaturated/α-hetero) is 1. The van der Waals surface area contributed by atoms with E-state index in [1.165, 1.54) is 23.6 Å². The quantitative estimate of drug-likeness (QED) is 0.482. The standard InChI is InChI=1S/C12H10N2O3S/c1-8-13-7-12(18-8)11(15)6-9-4-2-3-5-10(9)14(16)17/h2-5,7H,6H2,1H3. The summed E-state index contributed by atoms with van der Waals surface area (Å²) in [6.07, 6.45) is 1.54. The van der Waals surface area contributed by atoms with E-state index in [9.17, 15) is 14.9 Å². The smallest absolute Gasteiger partial charge is 0.273 e. The minimum absolute atomic E-state index is 0.0212. The lowest BCUT2D eigenvalue weighted by molar-refractivity contribution is -0.385. The van der Waals surface area contributed by atoms with Gasteiger partial charge in [0.25, 0.3) is 5.69 Å². The van der Waals surface area contributed by atoms with Crippen LogP contribution in [0.1, 0.15) is 20.2 Å². The summed E-state index contributed by atoms with van der Waals surface area (Å²) in [6, 6.07) is 6.28. The molecule has 0 aliphatic rings. The van der Waals surface area contributed by atoms with Crippen LogP contribution in [-0.4, -0.2) is 15.7 Å². The summed E-state index contributed by atoms with van der Waals surface area (Å²) in [7, 11) is 0. The van der Waals surface area contributed by atoms with E-state index < -0.39 is 4.92 Å². The Morgan fingerprint density at radius 1 is 1.44 bits per heavy atom. The lowest BCUT2D eigenvalue weighted by Gasteiger charge is -2.00. The normalized spacial score (nSPS) is 10.3. The summed E-state index contributed by atoms with van der Waals surface area (Å²) in [4.78, 5) is 26.8. The Kier molecular flexibility index (Phi) is 3.47. The summed E-state index contributed by atoms with van der Waals surface area (Å²) < 4.78 is 0. The van der Waals surface area contributed by atoms with Gasteiger partial charge in [0.2, 0.25) is 0 Å². The number of nitro benzene ring substituents is 1. The van der Waals surface area contributed by atoms with Crippen LogP contribution in [0.3, 0.4) is 0 Å². The van der Waals surface area contributed by atoms with Gasteiger partial charge in [-0.1, -0.05) is 18.2 Å². The van der Waals surface area contributed by atoms with E-state index >= 15 is 0 Å². The number of hydrogen-bond acceptors (Lipinski definition) is 5. The number of carbonyl (C=O) groups excluding carboxylic acids is 1. The van der Waals surface area contributed by atoms with Gasteiger partial charge in [0.05, 0.1) is 14.8 Å². The van der Waals surface area contributed by atoms with E-state index in [2.05, 4.69) is 4.98 Å². The lowest BCUT2D eigenvalue weighted by Crippen LogP contribution is -2.04. The molecule has 6 heteroatoms. The van der Waals surface area contributed by atoms with E-state index in [1.54, 1.807) is 18.2 Å². The van der Waals surface area contributed by atoms with Gasteiger partial charge >= 0.3 is 0 Å². The van der Waals surface area contributed by atoms with Crippen LogP contribution in [0.4, 0.5) is 5.69 Å². The zero-order valence-corrected chi connectivity index (χ0v) is 10.4. The molecule has 0 unspecified atom stereocenters. The molecule has 0 aliphatic heterocycles. The fourth-order valence-electron chi connectivity index (χ4n) is 1.59. The van der Waals surface area contributed by atoms with Crippen molar-refractivity contribution < 1.29 is 9.72 Å². The van der Waals surface area contributed by atoms with Gasteiger partial charge in [-0.15, -0.1) is 11.3 Å². The largest absolute Gasteiger partial charge is 0.293 e. The predicted octanol–water partition coefficient (Wildman–Crippen LogP) is 2.79. The fraction of sp³-hybridized carbons (Fsp3) is 0.167. The Labute approximate surface area is 107 Å². The first-order valence-corrected chi connectivity index (χ1v) is 6.07. The minimum Gasteiger partial charge on any atom is -0.293 e. The van der Waals surface area contributed by atoms with Crippen molar-refractivity contribution in [1.29, 1.82) is 0 Å². The molecule has 2 rings (SSSR count). The molecule has 92 valence electrons. The van der Waals surface area contributed by atoms with Gasteiger partial charge in [-0.2, -0.15) is 0 Å². The summed E-state index contributed by atoms with van der Waals surface area (Å²) >= 11 is 1.30. The third-order valence-electron chi connectivity index (χ3n) is 2.44. The number of para-hydroxylation sites is 1. The molecule has 0 N–H and O–H groups in total. The lowest BCUT2D eigenvalue weighted by atomic mass is 10.1. The van der Waals surface area contributed by atoms with Gasteiger partial charge in [-0.25, -0.2) is 4.98 Å². The Morgan fingerprint density at radius 2 is 2.17 bits per heavy atom. The van der Waals surface area contributed by atoms with Crippen LogP contribution in [0.15, 0.2) is 30.5 Å². The first kappa shape index (κ1) is 12.4. The number of thiazole rings is 1. The highest BCUT2D eigenvalue weighted by atomic mass is 32.1. The van der Waals surface area contributed by atoms with Gasteiger partial charge < -0.3 is 0 Å². The van der Waals surface area contributed by atoms with Crippen molar-refractivity contribution >= 4 is 22.8 Å². The maximum absolute atomic E-state index is 12.0. The molecule has 0 aliphatic carbocycles. The van der Waals surface area contributed by atoms with Crippen LogP contribution < -0.4 is 0 Å². The van der Waals surface area contributed by atoms with Crippen LogP contribution in [0, 0.1) is 17.0 Å². The van der Waals surface area contributed by atoms with Gasteiger partial charge in [0.15, 0.2) is 5.78 Å². The number of hydrogen-bond donors (Lipinski definition) is 0. The number of carbonyl (C=O) groups is 1. The van der Waals surface area contributed by atoms with Gasteiger partial charge in [-0.3, -0.25) is 14.9 Å². The van der Waals surface area contributed by atoms with Gasteiger partial charge in [0, 0.05) is 24.2 Å². The molecule has 18 heavy (non-hydrogen) atoms. The molecule has 0 bridgehead atoms. The van der Waals surface area contributed by atoms with Crippen LogP contribution in [0.5, 0.6) is 0 Å². The number of ketones is 1. The van der Waals surface area contributed by atoms with Crippen molar-refractivity contribution in [1.82, 2.24) is 4.98 Å². The predicted molar refractivity (Wildman–Crippen MR) is 68.0 cm³/mol. The maximum Gasteiger partial charge on any atom is 0.273 e. The molecule has 0 fully saturated rings. The Morgan fingerprint density at radius 3 is 2.78 bits per heavy atom. The molecule has 1 heterocycles. The molecule has 0 atom stereocenters. The van der Waals surface area contributed by atoms with Crippen molar-refractivity contribution in [3.63, 3.8) is 0 Å². The Balaban J connectivity index is 2.24. The average molecular weight is 262 g/mol. The molecule has 1 aromatic heterocycles. The van der Waals surface area contributed by atoms with E-state index in [0.29, 0.717) is 10.4 Å². The summed E-state index contributed by atoms with van der Waals surface area (Å²) in [5, 5.41) is 11.6. The zero-order chi connectivity index (χ0) is 13.1. The first-order valence-electron chi connectivity index (χ1n) is 5.26. The van der Waals surface area contributed by atoms with Crippen LogP contribution in [-0.2, 0) is 6.42 Å². The number of rotatable bonds is 4. The second-order valence-corrected chi connectivity index (χ2v) is 4.96. The zero-order valence-electron chi connectivity index (χ0n) is 9.62.